The number of hydrogen-bond acceptors (Lipinski definition) is 3. The summed E-state index contributed by atoms with van der Waals surface area (Å²) in [6, 6.07) is 22.1. The first-order valence-electron chi connectivity index (χ1n) is 8.88. The van der Waals surface area contributed by atoms with Crippen molar-refractivity contribution in [3.05, 3.63) is 84.7 Å². The van der Waals surface area contributed by atoms with Gasteiger partial charge in [0.05, 0.1) is 5.92 Å². The number of amides is 1. The lowest BCUT2D eigenvalue weighted by molar-refractivity contribution is -0.119. The highest BCUT2D eigenvalue weighted by Crippen LogP contribution is 2.29. The summed E-state index contributed by atoms with van der Waals surface area (Å²) in [5.41, 5.74) is 4.18. The van der Waals surface area contributed by atoms with Gasteiger partial charge in [0, 0.05) is 37.1 Å². The van der Waals surface area contributed by atoms with Crippen LogP contribution in [0.4, 0.5) is 5.69 Å². The first kappa shape index (κ1) is 16.5. The largest absolute Gasteiger partial charge is 0.326 e. The van der Waals surface area contributed by atoms with Crippen LogP contribution in [-0.4, -0.2) is 24.0 Å². The zero-order valence-electron chi connectivity index (χ0n) is 14.4. The molecule has 0 aliphatic carbocycles. The molecule has 1 amide bonds. The van der Waals surface area contributed by atoms with Crippen molar-refractivity contribution in [2.24, 2.45) is 5.92 Å². The maximum atomic E-state index is 12.8. The van der Waals surface area contributed by atoms with Crippen molar-refractivity contribution >= 4 is 11.6 Å². The molecular formula is C22H21N3O. The molecule has 3 aromatic rings. The van der Waals surface area contributed by atoms with E-state index in [9.17, 15) is 4.79 Å². The van der Waals surface area contributed by atoms with Gasteiger partial charge in [-0.3, -0.25) is 9.78 Å². The van der Waals surface area contributed by atoms with E-state index in [0.717, 1.165) is 23.4 Å². The molecule has 1 aliphatic rings. The van der Waals surface area contributed by atoms with Crippen LogP contribution in [0.5, 0.6) is 0 Å². The van der Waals surface area contributed by atoms with Gasteiger partial charge in [0.2, 0.25) is 5.91 Å². The van der Waals surface area contributed by atoms with Crippen molar-refractivity contribution in [2.45, 2.75) is 5.92 Å². The summed E-state index contributed by atoms with van der Waals surface area (Å²) in [5.74, 6) is 0.222. The number of anilines is 1. The Bertz CT molecular complexity index is 863. The highest BCUT2D eigenvalue weighted by atomic mass is 16.1. The number of nitrogens with one attached hydrogen (secondary N) is 2. The number of nitrogens with zero attached hydrogens (tertiary/aromatic N) is 1. The SMILES string of the molecule is O=C(Nc1ccc(-c2cccnc2)cc1)[C@@H]1CNC[C@H]1c1ccccc1. The number of benzene rings is 2. The standard InChI is InChI=1S/C22H21N3O/c26-22(21-15-24-14-20(21)17-5-2-1-3-6-17)25-19-10-8-16(9-11-19)18-7-4-12-23-13-18/h1-13,20-21,24H,14-15H2,(H,25,26)/t20-,21+/m0/s1. The van der Waals surface area contributed by atoms with Crippen LogP contribution in [0.3, 0.4) is 0 Å². The lowest BCUT2D eigenvalue weighted by Gasteiger charge is -2.18. The van der Waals surface area contributed by atoms with E-state index in [2.05, 4.69) is 27.8 Å². The van der Waals surface area contributed by atoms with Gasteiger partial charge in [0.25, 0.3) is 0 Å². The highest BCUT2D eigenvalue weighted by molar-refractivity contribution is 5.93. The summed E-state index contributed by atoms with van der Waals surface area (Å²) < 4.78 is 0. The minimum atomic E-state index is -0.0598. The van der Waals surface area contributed by atoms with E-state index in [1.165, 1.54) is 5.56 Å². The first-order valence-corrected chi connectivity index (χ1v) is 8.88. The van der Waals surface area contributed by atoms with Gasteiger partial charge in [0.15, 0.2) is 0 Å². The van der Waals surface area contributed by atoms with Gasteiger partial charge in [-0.25, -0.2) is 0 Å². The normalized spacial score (nSPS) is 19.2. The van der Waals surface area contributed by atoms with Gasteiger partial charge in [-0.15, -0.1) is 0 Å². The molecule has 0 bridgehead atoms. The van der Waals surface area contributed by atoms with Crippen LogP contribution in [0.25, 0.3) is 11.1 Å². The summed E-state index contributed by atoms with van der Waals surface area (Å²) in [7, 11) is 0. The van der Waals surface area contributed by atoms with Crippen LogP contribution in [0.1, 0.15) is 11.5 Å². The third kappa shape index (κ3) is 3.51. The Kier molecular flexibility index (Phi) is 4.75. The van der Waals surface area contributed by atoms with Crippen LogP contribution < -0.4 is 10.6 Å². The maximum absolute atomic E-state index is 12.8. The minimum absolute atomic E-state index is 0.0598. The van der Waals surface area contributed by atoms with Gasteiger partial charge in [-0.1, -0.05) is 48.5 Å². The lowest BCUT2D eigenvalue weighted by Crippen LogP contribution is -2.28. The van der Waals surface area contributed by atoms with Gasteiger partial charge >= 0.3 is 0 Å². The number of pyridine rings is 1. The number of hydrogen-bond donors (Lipinski definition) is 2. The summed E-state index contributed by atoms with van der Waals surface area (Å²) >= 11 is 0. The predicted molar refractivity (Wildman–Crippen MR) is 104 cm³/mol. The first-order chi connectivity index (χ1) is 12.8. The van der Waals surface area contributed by atoms with Gasteiger partial charge in [0.1, 0.15) is 0 Å². The Hall–Kier alpha value is -2.98. The minimum Gasteiger partial charge on any atom is -0.326 e. The zero-order valence-corrected chi connectivity index (χ0v) is 14.4. The van der Waals surface area contributed by atoms with Crippen LogP contribution in [-0.2, 0) is 4.79 Å². The van der Waals surface area contributed by atoms with E-state index in [4.69, 9.17) is 0 Å². The number of carbonyl (C=O) groups is 1. The smallest absolute Gasteiger partial charge is 0.229 e. The van der Waals surface area contributed by atoms with Crippen LogP contribution in [0.2, 0.25) is 0 Å². The molecule has 1 aromatic heterocycles. The second kappa shape index (κ2) is 7.50. The Morgan fingerprint density at radius 3 is 2.46 bits per heavy atom. The van der Waals surface area contributed by atoms with E-state index in [1.807, 2.05) is 60.8 Å². The molecule has 0 spiro atoms. The van der Waals surface area contributed by atoms with E-state index >= 15 is 0 Å². The van der Waals surface area contributed by atoms with Crippen LogP contribution >= 0.6 is 0 Å². The molecule has 2 atom stereocenters. The number of aromatic nitrogens is 1. The predicted octanol–water partition coefficient (Wildman–Crippen LogP) is 3.69. The number of rotatable bonds is 4. The molecule has 130 valence electrons. The monoisotopic (exact) mass is 343 g/mol. The molecule has 4 nitrogen and oxygen atoms in total. The maximum Gasteiger partial charge on any atom is 0.229 e. The summed E-state index contributed by atoms with van der Waals surface area (Å²) in [5, 5.41) is 6.42. The average Bonchev–Trinajstić information content (AvgIpc) is 3.20. The molecule has 1 saturated heterocycles. The van der Waals surface area contributed by atoms with Crippen molar-refractivity contribution in [3.8, 4) is 11.1 Å². The fourth-order valence-corrected chi connectivity index (χ4v) is 3.52. The summed E-state index contributed by atoms with van der Waals surface area (Å²) in [4.78, 5) is 16.9. The second-order valence-corrected chi connectivity index (χ2v) is 6.59. The molecule has 4 rings (SSSR count). The molecular weight excluding hydrogens is 322 g/mol. The van der Waals surface area contributed by atoms with E-state index < -0.39 is 0 Å². The van der Waals surface area contributed by atoms with Crippen LogP contribution in [0.15, 0.2) is 79.1 Å². The fraction of sp³-hybridized carbons (Fsp3) is 0.182. The van der Waals surface area contributed by atoms with Crippen molar-refractivity contribution < 1.29 is 4.79 Å². The highest BCUT2D eigenvalue weighted by Gasteiger charge is 2.33. The molecule has 1 aliphatic heterocycles. The zero-order chi connectivity index (χ0) is 17.8. The molecule has 2 aromatic carbocycles. The van der Waals surface area contributed by atoms with E-state index in [1.54, 1.807) is 6.20 Å². The van der Waals surface area contributed by atoms with Crippen LogP contribution in [0, 0.1) is 5.92 Å². The molecule has 0 unspecified atom stereocenters. The Morgan fingerprint density at radius 1 is 0.923 bits per heavy atom. The molecule has 0 saturated carbocycles. The van der Waals surface area contributed by atoms with Crippen molar-refractivity contribution in [2.75, 3.05) is 18.4 Å². The van der Waals surface area contributed by atoms with Crippen molar-refractivity contribution in [1.82, 2.24) is 10.3 Å². The molecule has 2 heterocycles. The average molecular weight is 343 g/mol. The fourth-order valence-electron chi connectivity index (χ4n) is 3.52. The summed E-state index contributed by atoms with van der Waals surface area (Å²) in [6.07, 6.45) is 3.60. The van der Waals surface area contributed by atoms with E-state index in [-0.39, 0.29) is 17.7 Å². The molecule has 26 heavy (non-hydrogen) atoms. The molecule has 0 radical (unpaired) electrons. The van der Waals surface area contributed by atoms with Gasteiger partial charge in [-0.05, 0) is 34.9 Å². The van der Waals surface area contributed by atoms with Crippen molar-refractivity contribution in [1.29, 1.82) is 0 Å². The molecule has 4 heteroatoms. The number of carbonyl (C=O) groups excluding carboxylic acids is 1. The quantitative estimate of drug-likeness (QED) is 0.760. The summed E-state index contributed by atoms with van der Waals surface area (Å²) in [6.45, 7) is 1.54. The molecule has 1 fully saturated rings. The second-order valence-electron chi connectivity index (χ2n) is 6.59. The van der Waals surface area contributed by atoms with Gasteiger partial charge in [-0.2, -0.15) is 0 Å². The topological polar surface area (TPSA) is 54.0 Å². The third-order valence-electron chi connectivity index (χ3n) is 4.93. The Morgan fingerprint density at radius 2 is 1.73 bits per heavy atom. The molecule has 2 N–H and O–H groups in total. The van der Waals surface area contributed by atoms with Gasteiger partial charge < -0.3 is 10.6 Å². The van der Waals surface area contributed by atoms with E-state index in [0.29, 0.717) is 6.54 Å². The Labute approximate surface area is 153 Å². The third-order valence-corrected chi connectivity index (χ3v) is 4.93. The Balaban J connectivity index is 1.46. The van der Waals surface area contributed by atoms with Crippen molar-refractivity contribution in [3.63, 3.8) is 0 Å². The lowest BCUT2D eigenvalue weighted by atomic mass is 9.88.